The van der Waals surface area contributed by atoms with Crippen LogP contribution in [-0.2, 0) is 9.53 Å². The van der Waals surface area contributed by atoms with Gasteiger partial charge in [0.05, 0.1) is 5.56 Å². The summed E-state index contributed by atoms with van der Waals surface area (Å²) < 4.78 is 19.0. The van der Waals surface area contributed by atoms with Gasteiger partial charge in [-0.05, 0) is 31.0 Å². The minimum Gasteiger partial charge on any atom is -0.449 e. The van der Waals surface area contributed by atoms with Crippen LogP contribution in [0.4, 0.5) is 4.39 Å². The normalized spacial score (nSPS) is 12.1. The Morgan fingerprint density at radius 2 is 2.00 bits per heavy atom. The zero-order chi connectivity index (χ0) is 15.3. The second kappa shape index (κ2) is 7.38. The quantitative estimate of drug-likeness (QED) is 0.834. The molecule has 1 aromatic carbocycles. The topological polar surface area (TPSA) is 55.4 Å². The fourth-order valence-electron chi connectivity index (χ4n) is 1.38. The van der Waals surface area contributed by atoms with Crippen LogP contribution >= 0.6 is 15.9 Å². The lowest BCUT2D eigenvalue weighted by Crippen LogP contribution is -2.37. The molecule has 20 heavy (non-hydrogen) atoms. The maximum absolute atomic E-state index is 13.5. The number of esters is 1. The summed E-state index contributed by atoms with van der Waals surface area (Å²) in [5, 5.41) is 2.65. The van der Waals surface area contributed by atoms with Gasteiger partial charge in [0.25, 0.3) is 5.91 Å². The summed E-state index contributed by atoms with van der Waals surface area (Å²) in [5.41, 5.74) is -0.206. The van der Waals surface area contributed by atoms with Crippen LogP contribution < -0.4 is 5.32 Å². The van der Waals surface area contributed by atoms with E-state index in [-0.39, 0.29) is 5.56 Å². The van der Waals surface area contributed by atoms with Crippen molar-refractivity contribution in [3.8, 4) is 0 Å². The van der Waals surface area contributed by atoms with Gasteiger partial charge in [-0.2, -0.15) is 0 Å². The van der Waals surface area contributed by atoms with Crippen LogP contribution in [0.5, 0.6) is 0 Å². The maximum Gasteiger partial charge on any atom is 0.341 e. The van der Waals surface area contributed by atoms with Crippen molar-refractivity contribution < 1.29 is 18.7 Å². The molecule has 0 aliphatic carbocycles. The van der Waals surface area contributed by atoms with Crippen LogP contribution in [-0.4, -0.2) is 24.5 Å². The third kappa shape index (κ3) is 4.92. The van der Waals surface area contributed by atoms with Crippen molar-refractivity contribution in [3.05, 3.63) is 34.1 Å². The van der Waals surface area contributed by atoms with Crippen molar-refractivity contribution in [1.29, 1.82) is 0 Å². The molecule has 0 unspecified atom stereocenters. The van der Waals surface area contributed by atoms with Gasteiger partial charge in [-0.15, -0.1) is 0 Å². The van der Waals surface area contributed by atoms with Crippen LogP contribution in [0.25, 0.3) is 0 Å². The first-order chi connectivity index (χ1) is 9.31. The molecule has 110 valence electrons. The second-order valence-corrected chi connectivity index (χ2v) is 5.73. The molecule has 0 radical (unpaired) electrons. The smallest absolute Gasteiger partial charge is 0.341 e. The number of halogens is 2. The van der Waals surface area contributed by atoms with Gasteiger partial charge < -0.3 is 10.1 Å². The van der Waals surface area contributed by atoms with E-state index in [4.69, 9.17) is 4.74 Å². The molecule has 0 saturated heterocycles. The summed E-state index contributed by atoms with van der Waals surface area (Å²) in [6.07, 6.45) is -0.973. The van der Waals surface area contributed by atoms with Gasteiger partial charge in [0.15, 0.2) is 6.10 Å². The number of amides is 1. The van der Waals surface area contributed by atoms with Gasteiger partial charge >= 0.3 is 5.97 Å². The van der Waals surface area contributed by atoms with E-state index < -0.39 is 23.8 Å². The molecule has 1 amide bonds. The first-order valence-electron chi connectivity index (χ1n) is 6.25. The van der Waals surface area contributed by atoms with Crippen molar-refractivity contribution in [3.63, 3.8) is 0 Å². The lowest BCUT2D eigenvalue weighted by molar-refractivity contribution is -0.129. The molecule has 0 aromatic heterocycles. The molecule has 0 bridgehead atoms. The zero-order valence-electron chi connectivity index (χ0n) is 11.6. The van der Waals surface area contributed by atoms with Crippen molar-refractivity contribution in [2.75, 3.05) is 6.54 Å². The zero-order valence-corrected chi connectivity index (χ0v) is 13.2. The highest BCUT2D eigenvalue weighted by Crippen LogP contribution is 2.17. The standard InChI is InChI=1S/C14H17BrFNO3/c1-8(2)7-17-13(18)9(3)20-14(19)11-6-10(15)4-5-12(11)16/h4-6,8-9H,7H2,1-3H3,(H,17,18)/t9-/m0/s1. The van der Waals surface area contributed by atoms with Crippen LogP contribution in [0.3, 0.4) is 0 Å². The van der Waals surface area contributed by atoms with Crippen molar-refractivity contribution in [2.45, 2.75) is 26.9 Å². The summed E-state index contributed by atoms with van der Waals surface area (Å²) in [4.78, 5) is 23.5. The monoisotopic (exact) mass is 345 g/mol. The summed E-state index contributed by atoms with van der Waals surface area (Å²) in [6.45, 7) is 5.84. The summed E-state index contributed by atoms with van der Waals surface area (Å²) in [5.74, 6) is -1.66. The largest absolute Gasteiger partial charge is 0.449 e. The predicted molar refractivity (Wildman–Crippen MR) is 76.8 cm³/mol. The lowest BCUT2D eigenvalue weighted by Gasteiger charge is -2.14. The number of hydrogen-bond donors (Lipinski definition) is 1. The number of hydrogen-bond acceptors (Lipinski definition) is 3. The van der Waals surface area contributed by atoms with E-state index >= 15 is 0 Å². The first-order valence-corrected chi connectivity index (χ1v) is 7.04. The molecular weight excluding hydrogens is 329 g/mol. The molecule has 0 spiro atoms. The van der Waals surface area contributed by atoms with E-state index in [9.17, 15) is 14.0 Å². The maximum atomic E-state index is 13.5. The first kappa shape index (κ1) is 16.6. The number of carbonyl (C=O) groups is 2. The molecule has 0 fully saturated rings. The fourth-order valence-corrected chi connectivity index (χ4v) is 1.74. The Labute approximate surface area is 125 Å². The Kier molecular flexibility index (Phi) is 6.13. The molecule has 1 atom stereocenters. The van der Waals surface area contributed by atoms with E-state index in [0.29, 0.717) is 16.9 Å². The van der Waals surface area contributed by atoms with E-state index in [1.165, 1.54) is 19.1 Å². The second-order valence-electron chi connectivity index (χ2n) is 4.81. The van der Waals surface area contributed by atoms with Crippen LogP contribution in [0.1, 0.15) is 31.1 Å². The number of ether oxygens (including phenoxy) is 1. The SMILES string of the molecule is CC(C)CNC(=O)[C@H](C)OC(=O)c1cc(Br)ccc1F. The summed E-state index contributed by atoms with van der Waals surface area (Å²) in [6, 6.07) is 3.95. The van der Waals surface area contributed by atoms with Crippen molar-refractivity contribution in [1.82, 2.24) is 5.32 Å². The Hall–Kier alpha value is -1.43. The molecule has 0 aliphatic heterocycles. The van der Waals surface area contributed by atoms with E-state index in [2.05, 4.69) is 21.2 Å². The van der Waals surface area contributed by atoms with E-state index in [0.717, 1.165) is 6.07 Å². The van der Waals surface area contributed by atoms with Crippen molar-refractivity contribution >= 4 is 27.8 Å². The third-order valence-corrected chi connectivity index (χ3v) is 2.98. The van der Waals surface area contributed by atoms with Crippen LogP contribution in [0.15, 0.2) is 22.7 Å². The molecule has 0 saturated carbocycles. The average Bonchev–Trinajstić information content (AvgIpc) is 2.38. The van der Waals surface area contributed by atoms with E-state index in [1.54, 1.807) is 0 Å². The minimum absolute atomic E-state index is 0.206. The van der Waals surface area contributed by atoms with E-state index in [1.807, 2.05) is 13.8 Å². The molecule has 4 nitrogen and oxygen atoms in total. The van der Waals surface area contributed by atoms with Gasteiger partial charge in [-0.1, -0.05) is 29.8 Å². The van der Waals surface area contributed by atoms with Gasteiger partial charge in [-0.3, -0.25) is 4.79 Å². The molecular formula is C14H17BrFNO3. The average molecular weight is 346 g/mol. The molecule has 6 heteroatoms. The minimum atomic E-state index is -0.973. The van der Waals surface area contributed by atoms with Crippen LogP contribution in [0, 0.1) is 11.7 Å². The highest BCUT2D eigenvalue weighted by Gasteiger charge is 2.21. The highest BCUT2D eigenvalue weighted by atomic mass is 79.9. The van der Waals surface area contributed by atoms with Gasteiger partial charge in [0, 0.05) is 11.0 Å². The molecule has 1 N–H and O–H groups in total. The Bertz CT molecular complexity index is 505. The van der Waals surface area contributed by atoms with Gasteiger partial charge in [0.2, 0.25) is 0 Å². The number of nitrogens with one attached hydrogen (secondary N) is 1. The Morgan fingerprint density at radius 3 is 2.60 bits per heavy atom. The van der Waals surface area contributed by atoms with Gasteiger partial charge in [-0.25, -0.2) is 9.18 Å². The Morgan fingerprint density at radius 1 is 1.35 bits per heavy atom. The number of benzene rings is 1. The summed E-state index contributed by atoms with van der Waals surface area (Å²) >= 11 is 3.15. The number of rotatable bonds is 5. The van der Waals surface area contributed by atoms with Crippen LogP contribution in [0.2, 0.25) is 0 Å². The van der Waals surface area contributed by atoms with Crippen molar-refractivity contribution in [2.24, 2.45) is 5.92 Å². The highest BCUT2D eigenvalue weighted by molar-refractivity contribution is 9.10. The molecule has 0 heterocycles. The number of carbonyl (C=O) groups excluding carboxylic acids is 2. The fraction of sp³-hybridized carbons (Fsp3) is 0.429. The lowest BCUT2D eigenvalue weighted by atomic mass is 10.2. The summed E-state index contributed by atoms with van der Waals surface area (Å²) in [7, 11) is 0. The molecule has 0 aliphatic rings. The third-order valence-electron chi connectivity index (χ3n) is 2.49. The van der Waals surface area contributed by atoms with Gasteiger partial charge in [0.1, 0.15) is 5.82 Å². The Balaban J connectivity index is 2.65. The molecule has 1 aromatic rings. The predicted octanol–water partition coefficient (Wildman–Crippen LogP) is 2.91. The molecule has 1 rings (SSSR count).